The van der Waals surface area contributed by atoms with E-state index in [0.717, 1.165) is 27.4 Å². The van der Waals surface area contributed by atoms with Crippen molar-refractivity contribution in [3.8, 4) is 11.3 Å². The van der Waals surface area contributed by atoms with Crippen LogP contribution in [0, 0.1) is 6.92 Å². The van der Waals surface area contributed by atoms with Crippen molar-refractivity contribution < 1.29 is 18.0 Å². The van der Waals surface area contributed by atoms with E-state index >= 15 is 0 Å². The summed E-state index contributed by atoms with van der Waals surface area (Å²) in [6, 6.07) is 10.9. The Morgan fingerprint density at radius 3 is 2.43 bits per heavy atom. The minimum absolute atomic E-state index is 0.133. The zero-order chi connectivity index (χ0) is 21.3. The standard InChI is InChI=1S/C21H22N4O4S/c1-15-4-3-11-24-14-18(22-21(15)24)16-7-9-17(10-8-16)23-30(28,29)13-12-25-19(26)5-2-6-20(25)27/h3-4,7-11,14,23H,2,5-6,12-13H2,1H3. The van der Waals surface area contributed by atoms with Gasteiger partial charge in [0, 0.05) is 43.0 Å². The molecule has 2 aromatic heterocycles. The van der Waals surface area contributed by atoms with Crippen molar-refractivity contribution in [2.75, 3.05) is 17.0 Å². The SMILES string of the molecule is Cc1cccn2cc(-c3ccc(NS(=O)(=O)CCN4C(=O)CCCC4=O)cc3)nc12. The molecular weight excluding hydrogens is 404 g/mol. The number of carbonyl (C=O) groups excluding carboxylic acids is 2. The molecule has 9 heteroatoms. The van der Waals surface area contributed by atoms with Crippen LogP contribution in [-0.2, 0) is 19.6 Å². The molecule has 1 N–H and O–H groups in total. The van der Waals surface area contributed by atoms with Crippen molar-refractivity contribution in [2.45, 2.75) is 26.2 Å². The molecule has 0 spiro atoms. The first-order chi connectivity index (χ1) is 14.3. The van der Waals surface area contributed by atoms with Gasteiger partial charge < -0.3 is 4.40 Å². The van der Waals surface area contributed by atoms with Crippen LogP contribution in [0.1, 0.15) is 24.8 Å². The first-order valence-electron chi connectivity index (χ1n) is 9.71. The maximum atomic E-state index is 12.4. The van der Waals surface area contributed by atoms with E-state index in [0.29, 0.717) is 12.1 Å². The second kappa shape index (κ2) is 7.91. The van der Waals surface area contributed by atoms with Gasteiger partial charge in [-0.25, -0.2) is 13.4 Å². The van der Waals surface area contributed by atoms with Crippen LogP contribution in [0.5, 0.6) is 0 Å². The molecule has 30 heavy (non-hydrogen) atoms. The molecule has 3 aromatic rings. The number of sulfonamides is 1. The summed E-state index contributed by atoms with van der Waals surface area (Å²) >= 11 is 0. The Hall–Kier alpha value is -3.20. The largest absolute Gasteiger partial charge is 0.306 e. The minimum atomic E-state index is -3.70. The average molecular weight is 426 g/mol. The minimum Gasteiger partial charge on any atom is -0.306 e. The molecular formula is C21H22N4O4S. The maximum absolute atomic E-state index is 12.4. The van der Waals surface area contributed by atoms with E-state index in [1.165, 1.54) is 0 Å². The lowest BCUT2D eigenvalue weighted by molar-refractivity contribution is -0.147. The number of piperidine rings is 1. The number of nitrogens with zero attached hydrogens (tertiary/aromatic N) is 3. The highest BCUT2D eigenvalue weighted by Gasteiger charge is 2.27. The van der Waals surface area contributed by atoms with Crippen molar-refractivity contribution in [1.82, 2.24) is 14.3 Å². The van der Waals surface area contributed by atoms with Gasteiger partial charge in [-0.15, -0.1) is 0 Å². The first-order valence-corrected chi connectivity index (χ1v) is 11.4. The number of amides is 2. The van der Waals surface area contributed by atoms with Gasteiger partial charge in [-0.1, -0.05) is 18.2 Å². The number of nitrogens with one attached hydrogen (secondary N) is 1. The van der Waals surface area contributed by atoms with Gasteiger partial charge in [0.1, 0.15) is 5.65 Å². The monoisotopic (exact) mass is 426 g/mol. The summed E-state index contributed by atoms with van der Waals surface area (Å²) in [5.74, 6) is -0.959. The number of fused-ring (bicyclic) bond motifs is 1. The molecule has 0 saturated carbocycles. The number of imide groups is 1. The van der Waals surface area contributed by atoms with Crippen LogP contribution in [0.25, 0.3) is 16.9 Å². The number of hydrogen-bond donors (Lipinski definition) is 1. The Bertz CT molecular complexity index is 1200. The van der Waals surface area contributed by atoms with Crippen LogP contribution < -0.4 is 4.72 Å². The molecule has 1 aromatic carbocycles. The lowest BCUT2D eigenvalue weighted by atomic mass is 10.1. The lowest BCUT2D eigenvalue weighted by Gasteiger charge is -2.24. The fourth-order valence-corrected chi connectivity index (χ4v) is 4.51. The Morgan fingerprint density at radius 2 is 1.77 bits per heavy atom. The van der Waals surface area contributed by atoms with Crippen LogP contribution in [0.3, 0.4) is 0 Å². The van der Waals surface area contributed by atoms with Crippen LogP contribution in [0.2, 0.25) is 0 Å². The quantitative estimate of drug-likeness (QED) is 0.611. The molecule has 2 amide bonds. The number of likely N-dealkylation sites (tertiary alicyclic amines) is 1. The topological polar surface area (TPSA) is 101 Å². The molecule has 1 saturated heterocycles. The molecule has 0 bridgehead atoms. The zero-order valence-electron chi connectivity index (χ0n) is 16.5. The number of aryl methyl sites for hydroxylation is 1. The molecule has 1 fully saturated rings. The summed E-state index contributed by atoms with van der Waals surface area (Å²) in [7, 11) is -3.70. The van der Waals surface area contributed by atoms with Gasteiger partial charge in [0.2, 0.25) is 21.8 Å². The molecule has 8 nitrogen and oxygen atoms in total. The molecule has 156 valence electrons. The fourth-order valence-electron chi connectivity index (χ4n) is 3.49. The number of aromatic nitrogens is 2. The Morgan fingerprint density at radius 1 is 1.07 bits per heavy atom. The Kier molecular flexibility index (Phi) is 5.29. The normalized spacial score (nSPS) is 15.0. The van der Waals surface area contributed by atoms with Crippen molar-refractivity contribution in [3.05, 3.63) is 54.4 Å². The fraction of sp³-hybridized carbons (Fsp3) is 0.286. The molecule has 0 aliphatic carbocycles. The van der Waals surface area contributed by atoms with Crippen LogP contribution in [0.15, 0.2) is 48.8 Å². The molecule has 1 aliphatic heterocycles. The summed E-state index contributed by atoms with van der Waals surface area (Å²) in [4.78, 5) is 29.3. The molecule has 0 atom stereocenters. The van der Waals surface area contributed by atoms with Gasteiger partial charge >= 0.3 is 0 Å². The molecule has 1 aliphatic rings. The van der Waals surface area contributed by atoms with Crippen molar-refractivity contribution in [3.63, 3.8) is 0 Å². The summed E-state index contributed by atoms with van der Waals surface area (Å²) in [6.07, 6.45) is 4.94. The van der Waals surface area contributed by atoms with Gasteiger partial charge in [0.05, 0.1) is 11.4 Å². The number of rotatable bonds is 6. The van der Waals surface area contributed by atoms with E-state index in [1.807, 2.05) is 35.9 Å². The molecule has 0 unspecified atom stereocenters. The molecule has 4 rings (SSSR count). The highest BCUT2D eigenvalue weighted by molar-refractivity contribution is 7.92. The third kappa shape index (κ3) is 4.20. The average Bonchev–Trinajstić information content (AvgIpc) is 3.13. The van der Waals surface area contributed by atoms with Gasteiger partial charge in [0.25, 0.3) is 0 Å². The summed E-state index contributed by atoms with van der Waals surface area (Å²) in [6.45, 7) is 1.86. The predicted molar refractivity (Wildman–Crippen MR) is 113 cm³/mol. The number of anilines is 1. The van der Waals surface area contributed by atoms with Gasteiger partial charge in [0.15, 0.2) is 0 Å². The summed E-state index contributed by atoms with van der Waals surface area (Å²) in [5, 5.41) is 0. The van der Waals surface area contributed by atoms with Crippen molar-refractivity contribution in [1.29, 1.82) is 0 Å². The summed E-state index contributed by atoms with van der Waals surface area (Å²) in [5.41, 5.74) is 4.01. The van der Waals surface area contributed by atoms with E-state index in [2.05, 4.69) is 9.71 Å². The van der Waals surface area contributed by atoms with Gasteiger partial charge in [-0.2, -0.15) is 0 Å². The lowest BCUT2D eigenvalue weighted by Crippen LogP contribution is -2.43. The Labute approximate surface area is 174 Å². The second-order valence-corrected chi connectivity index (χ2v) is 9.18. The number of hydrogen-bond acceptors (Lipinski definition) is 5. The van der Waals surface area contributed by atoms with E-state index in [4.69, 9.17) is 0 Å². The zero-order valence-corrected chi connectivity index (χ0v) is 17.4. The van der Waals surface area contributed by atoms with Crippen LogP contribution in [-0.4, -0.2) is 46.8 Å². The third-order valence-electron chi connectivity index (χ3n) is 5.10. The molecule has 3 heterocycles. The van der Waals surface area contributed by atoms with Gasteiger partial charge in [-0.3, -0.25) is 19.2 Å². The van der Waals surface area contributed by atoms with E-state index in [9.17, 15) is 18.0 Å². The van der Waals surface area contributed by atoms with Crippen molar-refractivity contribution in [2.24, 2.45) is 0 Å². The number of benzene rings is 1. The van der Waals surface area contributed by atoms with Crippen LogP contribution >= 0.6 is 0 Å². The van der Waals surface area contributed by atoms with E-state index < -0.39 is 10.0 Å². The number of pyridine rings is 1. The van der Waals surface area contributed by atoms with E-state index in [1.54, 1.807) is 24.3 Å². The maximum Gasteiger partial charge on any atom is 0.234 e. The summed E-state index contributed by atoms with van der Waals surface area (Å²) < 4.78 is 29.2. The number of imidazole rings is 1. The predicted octanol–water partition coefficient (Wildman–Crippen LogP) is 2.59. The third-order valence-corrected chi connectivity index (χ3v) is 6.37. The van der Waals surface area contributed by atoms with Crippen molar-refractivity contribution >= 4 is 33.2 Å². The number of carbonyl (C=O) groups is 2. The highest BCUT2D eigenvalue weighted by Crippen LogP contribution is 2.23. The highest BCUT2D eigenvalue weighted by atomic mass is 32.2. The Balaban J connectivity index is 1.44. The second-order valence-electron chi connectivity index (χ2n) is 7.34. The molecule has 0 radical (unpaired) electrons. The van der Waals surface area contributed by atoms with Crippen LogP contribution in [0.4, 0.5) is 5.69 Å². The first kappa shape index (κ1) is 20.1. The smallest absolute Gasteiger partial charge is 0.234 e. The van der Waals surface area contributed by atoms with E-state index in [-0.39, 0.29) is 37.0 Å². The van der Waals surface area contributed by atoms with Gasteiger partial charge in [-0.05, 0) is 37.1 Å².